The third-order valence-electron chi connectivity index (χ3n) is 9.96. The molecule has 1 saturated carbocycles. The van der Waals surface area contributed by atoms with Crippen LogP contribution in [0.15, 0.2) is 63.4 Å². The topological polar surface area (TPSA) is 137 Å². The van der Waals surface area contributed by atoms with Crippen molar-refractivity contribution >= 4 is 10.1 Å². The van der Waals surface area contributed by atoms with E-state index >= 15 is 0 Å². The second-order valence-electron chi connectivity index (χ2n) is 11.6. The zero-order chi connectivity index (χ0) is 26.9. The van der Waals surface area contributed by atoms with Gasteiger partial charge in [-0.1, -0.05) is 30.7 Å². The Balaban J connectivity index is 1.74. The van der Waals surface area contributed by atoms with Crippen LogP contribution < -0.4 is 5.73 Å². The Hall–Kier alpha value is -2.21. The minimum absolute atomic E-state index is 0.102. The molecule has 0 radical (unpaired) electrons. The number of aliphatic hydroxyl groups is 2. The lowest BCUT2D eigenvalue weighted by Crippen LogP contribution is -2.68. The van der Waals surface area contributed by atoms with Crippen LogP contribution in [0.25, 0.3) is 0 Å². The van der Waals surface area contributed by atoms with Crippen molar-refractivity contribution < 1.29 is 27.9 Å². The predicted octanol–water partition coefficient (Wildman–Crippen LogP) is 1.56. The van der Waals surface area contributed by atoms with Crippen molar-refractivity contribution in [3.05, 3.63) is 64.1 Å². The molecule has 5 N–H and O–H groups in total. The molecule has 1 spiro atoms. The maximum atomic E-state index is 12.2. The standard InChI is InChI=1S/C27H35N3O6S/c1-14-15(2)27(28,32)24-22-18(14)12-20-19-13-21(29(3)4)23(31)26(36-24,25(19,22)9-10-30(20)5)16-7-6-8-17(11-16)37(33,34)35/h6-8,11,13,15,19-20,23,31-32H,9-10,12,28H2,1-5H3,(H,33,34,35)/t15?,19-,20+,23-,25-,26-,27?/m0/s1. The van der Waals surface area contributed by atoms with Crippen LogP contribution >= 0.6 is 0 Å². The fourth-order valence-corrected chi connectivity index (χ4v) is 8.45. The number of likely N-dealkylation sites (tertiary alicyclic amines) is 1. The SMILES string of the molecule is CC1=C2C[C@@H]3[C@@H]4C=C(N(C)C)[C@H](O)[C@]5(c6cccc(S(=O)(=O)O)c6)OC(=C2[C@]45CCN3C)C(N)(O)C1C. The van der Waals surface area contributed by atoms with Gasteiger partial charge in [0.1, 0.15) is 11.9 Å². The van der Waals surface area contributed by atoms with E-state index in [9.17, 15) is 23.2 Å². The highest BCUT2D eigenvalue weighted by Gasteiger charge is 2.76. The second-order valence-corrected chi connectivity index (χ2v) is 13.1. The fourth-order valence-electron chi connectivity index (χ4n) is 7.92. The summed E-state index contributed by atoms with van der Waals surface area (Å²) in [7, 11) is 1.31. The highest BCUT2D eigenvalue weighted by molar-refractivity contribution is 7.85. The van der Waals surface area contributed by atoms with Gasteiger partial charge in [0, 0.05) is 48.8 Å². The van der Waals surface area contributed by atoms with Crippen LogP contribution in [0.4, 0.5) is 0 Å². The molecule has 37 heavy (non-hydrogen) atoms. The summed E-state index contributed by atoms with van der Waals surface area (Å²) in [5.74, 6) is -0.256. The first-order valence-corrected chi connectivity index (χ1v) is 14.1. The van der Waals surface area contributed by atoms with E-state index in [1.807, 2.05) is 32.8 Å². The lowest BCUT2D eigenvalue weighted by Gasteiger charge is -2.63. The van der Waals surface area contributed by atoms with E-state index in [4.69, 9.17) is 10.5 Å². The molecule has 2 fully saturated rings. The zero-order valence-electron chi connectivity index (χ0n) is 21.8. The smallest absolute Gasteiger partial charge is 0.294 e. The summed E-state index contributed by atoms with van der Waals surface area (Å²) in [5, 5.41) is 23.9. The van der Waals surface area contributed by atoms with Crippen molar-refractivity contribution in [2.24, 2.45) is 23.0 Å². The first kappa shape index (κ1) is 25.1. The molecule has 1 aromatic carbocycles. The summed E-state index contributed by atoms with van der Waals surface area (Å²) in [6.07, 6.45) is 2.30. The number of hydrogen-bond donors (Lipinski definition) is 4. The van der Waals surface area contributed by atoms with Crippen molar-refractivity contribution in [1.29, 1.82) is 0 Å². The van der Waals surface area contributed by atoms with Gasteiger partial charge >= 0.3 is 0 Å². The molecule has 9 nitrogen and oxygen atoms in total. The number of hydrogen-bond acceptors (Lipinski definition) is 8. The van der Waals surface area contributed by atoms with Crippen LogP contribution in [-0.2, 0) is 20.5 Å². The van der Waals surface area contributed by atoms with Crippen molar-refractivity contribution in [2.75, 3.05) is 27.7 Å². The van der Waals surface area contributed by atoms with Gasteiger partial charge in [0.25, 0.3) is 10.1 Å². The number of piperidine rings is 1. The molecule has 6 rings (SSSR count). The van der Waals surface area contributed by atoms with Gasteiger partial charge in [-0.25, -0.2) is 0 Å². The molecule has 1 aromatic rings. The van der Waals surface area contributed by atoms with E-state index in [1.165, 1.54) is 12.1 Å². The van der Waals surface area contributed by atoms with E-state index < -0.39 is 38.9 Å². The number of benzene rings is 1. The van der Waals surface area contributed by atoms with Crippen LogP contribution in [-0.4, -0.2) is 78.5 Å². The second kappa shape index (κ2) is 7.46. The van der Waals surface area contributed by atoms with E-state index in [-0.39, 0.29) is 22.6 Å². The minimum Gasteiger partial charge on any atom is -0.478 e. The van der Waals surface area contributed by atoms with Crippen LogP contribution in [0.2, 0.25) is 0 Å². The van der Waals surface area contributed by atoms with Crippen LogP contribution in [0.5, 0.6) is 0 Å². The number of likely N-dealkylation sites (N-methyl/N-ethyl adjacent to an activating group) is 1. The number of nitrogens with two attached hydrogens (primary N) is 1. The summed E-state index contributed by atoms with van der Waals surface area (Å²) in [5.41, 5.74) is 6.59. The Labute approximate surface area is 217 Å². The van der Waals surface area contributed by atoms with E-state index in [1.54, 1.807) is 12.1 Å². The van der Waals surface area contributed by atoms with Crippen LogP contribution in [0.3, 0.4) is 0 Å². The Morgan fingerprint density at radius 2 is 1.97 bits per heavy atom. The molecule has 3 aliphatic carbocycles. The number of ether oxygens (including phenoxy) is 1. The molecule has 0 aromatic heterocycles. The van der Waals surface area contributed by atoms with Crippen molar-refractivity contribution in [2.45, 2.75) is 55.1 Å². The summed E-state index contributed by atoms with van der Waals surface area (Å²) >= 11 is 0. The normalized spacial score (nSPS) is 40.8. The molecule has 5 aliphatic rings. The molecular weight excluding hydrogens is 494 g/mol. The van der Waals surface area contributed by atoms with Gasteiger partial charge in [0.05, 0.1) is 10.3 Å². The number of aliphatic hydroxyl groups excluding tert-OH is 1. The maximum absolute atomic E-state index is 12.2. The lowest BCUT2D eigenvalue weighted by atomic mass is 9.44. The van der Waals surface area contributed by atoms with E-state index in [2.05, 4.69) is 18.0 Å². The predicted molar refractivity (Wildman–Crippen MR) is 136 cm³/mol. The largest absolute Gasteiger partial charge is 0.478 e. The minimum atomic E-state index is -4.52. The van der Waals surface area contributed by atoms with Gasteiger partial charge < -0.3 is 24.7 Å². The van der Waals surface area contributed by atoms with E-state index in [0.717, 1.165) is 29.7 Å². The highest BCUT2D eigenvalue weighted by atomic mass is 32.2. The first-order chi connectivity index (χ1) is 17.2. The number of nitrogens with zero attached hydrogens (tertiary/aromatic N) is 2. The summed E-state index contributed by atoms with van der Waals surface area (Å²) in [4.78, 5) is 3.92. The molecule has 2 aliphatic heterocycles. The van der Waals surface area contributed by atoms with Crippen molar-refractivity contribution in [3.63, 3.8) is 0 Å². The average Bonchev–Trinajstić information content (AvgIpc) is 3.15. The van der Waals surface area contributed by atoms with E-state index in [0.29, 0.717) is 17.7 Å². The van der Waals surface area contributed by atoms with Gasteiger partial charge in [-0.3, -0.25) is 10.3 Å². The molecule has 2 heterocycles. The molecular formula is C27H35N3O6S. The highest BCUT2D eigenvalue weighted by Crippen LogP contribution is 2.74. The molecule has 7 atom stereocenters. The van der Waals surface area contributed by atoms with Crippen molar-refractivity contribution in [3.8, 4) is 0 Å². The van der Waals surface area contributed by atoms with Crippen molar-refractivity contribution in [1.82, 2.24) is 9.80 Å². The first-order valence-electron chi connectivity index (χ1n) is 12.7. The molecule has 1 saturated heterocycles. The monoisotopic (exact) mass is 529 g/mol. The third kappa shape index (κ3) is 2.83. The average molecular weight is 530 g/mol. The van der Waals surface area contributed by atoms with Crippen LogP contribution in [0.1, 0.15) is 32.3 Å². The Morgan fingerprint density at radius 1 is 1.27 bits per heavy atom. The zero-order valence-corrected chi connectivity index (χ0v) is 22.6. The third-order valence-corrected chi connectivity index (χ3v) is 10.8. The molecule has 0 amide bonds. The molecule has 10 heteroatoms. The van der Waals surface area contributed by atoms with Gasteiger partial charge in [-0.15, -0.1) is 0 Å². The molecule has 2 bridgehead atoms. The molecule has 2 unspecified atom stereocenters. The van der Waals surface area contributed by atoms with Gasteiger partial charge in [-0.05, 0) is 51.1 Å². The quantitative estimate of drug-likeness (QED) is 0.340. The van der Waals surface area contributed by atoms with Crippen LogP contribution in [0, 0.1) is 17.3 Å². The van der Waals surface area contributed by atoms with Gasteiger partial charge in [0.2, 0.25) is 0 Å². The number of rotatable bonds is 3. The Bertz CT molecular complexity index is 1410. The Morgan fingerprint density at radius 3 is 2.62 bits per heavy atom. The summed E-state index contributed by atoms with van der Waals surface area (Å²) in [6.45, 7) is 4.61. The molecule has 200 valence electrons. The summed E-state index contributed by atoms with van der Waals surface area (Å²) < 4.78 is 41.1. The lowest BCUT2D eigenvalue weighted by molar-refractivity contribution is -0.194. The van der Waals surface area contributed by atoms with Gasteiger partial charge in [-0.2, -0.15) is 8.42 Å². The maximum Gasteiger partial charge on any atom is 0.294 e. The van der Waals surface area contributed by atoms with Gasteiger partial charge in [0.15, 0.2) is 11.3 Å². The summed E-state index contributed by atoms with van der Waals surface area (Å²) in [6, 6.07) is 6.10. The Kier molecular flexibility index (Phi) is 5.06. The fraction of sp³-hybridized carbons (Fsp3) is 0.556.